The van der Waals surface area contributed by atoms with Gasteiger partial charge in [0.25, 0.3) is 0 Å². The topological polar surface area (TPSA) is 255 Å². The number of aliphatic hydroxyl groups excluding tert-OH is 5. The minimum absolute atomic E-state index is 0.0968. The van der Waals surface area contributed by atoms with Crippen molar-refractivity contribution in [1.82, 2.24) is 0 Å². The van der Waals surface area contributed by atoms with Gasteiger partial charge in [0.15, 0.2) is 12.1 Å². The zero-order chi connectivity index (χ0) is 32.7. The van der Waals surface area contributed by atoms with E-state index in [0.717, 1.165) is 19.1 Å². The zero-order valence-electron chi connectivity index (χ0n) is 23.8. The molecule has 2 saturated heterocycles. The summed E-state index contributed by atoms with van der Waals surface area (Å²) in [5, 5.41) is 82.6. The lowest BCUT2D eigenvalue weighted by molar-refractivity contribution is -0.349. The fraction of sp³-hybridized carbons (Fsp3) is 0.448. The highest BCUT2D eigenvalue weighted by Crippen LogP contribution is 2.38. The molecule has 0 bridgehead atoms. The summed E-state index contributed by atoms with van der Waals surface area (Å²) >= 11 is 0. The molecular weight excluding hydrogens is 604 g/mol. The van der Waals surface area contributed by atoms with Gasteiger partial charge in [0, 0.05) is 24.6 Å². The van der Waals surface area contributed by atoms with E-state index in [2.05, 4.69) is 0 Å². The van der Waals surface area contributed by atoms with Gasteiger partial charge in [-0.05, 0) is 31.2 Å². The fourth-order valence-electron chi connectivity index (χ4n) is 5.11. The Morgan fingerprint density at radius 2 is 1.51 bits per heavy atom. The van der Waals surface area contributed by atoms with Crippen molar-refractivity contribution in [1.29, 1.82) is 0 Å². The Kier molecular flexibility index (Phi) is 9.20. The van der Waals surface area contributed by atoms with E-state index in [1.54, 1.807) is 0 Å². The molecule has 0 spiro atoms. The van der Waals surface area contributed by atoms with Crippen molar-refractivity contribution < 1.29 is 73.7 Å². The Morgan fingerprint density at radius 3 is 2.18 bits per heavy atom. The van der Waals surface area contributed by atoms with Crippen molar-refractivity contribution in [2.24, 2.45) is 0 Å². The van der Waals surface area contributed by atoms with E-state index in [0.29, 0.717) is 0 Å². The summed E-state index contributed by atoms with van der Waals surface area (Å²) in [6.45, 7) is 2.05. The van der Waals surface area contributed by atoms with Crippen LogP contribution in [0.1, 0.15) is 13.8 Å². The molecule has 3 aromatic rings. The van der Waals surface area contributed by atoms with Crippen molar-refractivity contribution in [3.63, 3.8) is 0 Å². The average molecular weight is 637 g/mol. The van der Waals surface area contributed by atoms with Crippen LogP contribution in [-0.4, -0.2) is 115 Å². The normalized spacial score (nSPS) is 31.9. The summed E-state index contributed by atoms with van der Waals surface area (Å²) in [4.78, 5) is 24.8. The number of carbonyl (C=O) groups excluding carboxylic acids is 1. The number of rotatable bonds is 7. The lowest BCUT2D eigenvalue weighted by atomic mass is 9.97. The van der Waals surface area contributed by atoms with Crippen molar-refractivity contribution in [3.05, 3.63) is 46.6 Å². The Labute approximate surface area is 253 Å². The number of aliphatic hydroxyl groups is 5. The van der Waals surface area contributed by atoms with Gasteiger partial charge in [-0.3, -0.25) is 9.59 Å². The molecule has 2 aliphatic rings. The Morgan fingerprint density at radius 1 is 0.844 bits per heavy atom. The van der Waals surface area contributed by atoms with Crippen LogP contribution in [0.25, 0.3) is 22.3 Å². The first-order chi connectivity index (χ1) is 21.3. The molecule has 0 unspecified atom stereocenters. The number of hydrogen-bond acceptors (Lipinski definition) is 16. The highest BCUT2D eigenvalue weighted by Gasteiger charge is 2.50. The third kappa shape index (κ3) is 6.40. The van der Waals surface area contributed by atoms with Gasteiger partial charge in [-0.2, -0.15) is 0 Å². The van der Waals surface area contributed by atoms with Gasteiger partial charge in [-0.25, -0.2) is 0 Å². The molecule has 244 valence electrons. The lowest BCUT2D eigenvalue weighted by Crippen LogP contribution is -2.64. The number of esters is 1. The average Bonchev–Trinajstić information content (AvgIpc) is 2.98. The summed E-state index contributed by atoms with van der Waals surface area (Å²) in [5.41, 5.74) is -0.902. The largest absolute Gasteiger partial charge is 0.508 e. The van der Waals surface area contributed by atoms with Gasteiger partial charge in [0.1, 0.15) is 77.6 Å². The zero-order valence-corrected chi connectivity index (χ0v) is 23.8. The fourth-order valence-corrected chi connectivity index (χ4v) is 5.11. The van der Waals surface area contributed by atoms with Gasteiger partial charge in [-0.15, -0.1) is 0 Å². The van der Waals surface area contributed by atoms with E-state index in [9.17, 15) is 50.4 Å². The summed E-state index contributed by atoms with van der Waals surface area (Å²) in [6.07, 6.45) is -16.2. The van der Waals surface area contributed by atoms with Crippen LogP contribution in [0.2, 0.25) is 0 Å². The van der Waals surface area contributed by atoms with Gasteiger partial charge in [0.05, 0.1) is 6.10 Å². The number of carbonyl (C=O) groups is 1. The highest BCUT2D eigenvalue weighted by molar-refractivity contribution is 5.88. The first kappa shape index (κ1) is 32.4. The molecule has 0 amide bonds. The molecule has 10 atom stereocenters. The summed E-state index contributed by atoms with van der Waals surface area (Å²) in [7, 11) is 0. The standard InChI is InChI=1S/C29H32O16/c1-10-25(44-29-23(38)21(36)19(34)17(43-29)9-40-11(2)30)22(37)24(39)28(41-10)45-27-20(35)18-15(33)7-14(32)8-16(18)42-26(27)12-3-5-13(31)6-4-12/h3-8,10,17,19,21-25,28-29,31-34,36-39H,9H2,1-2H3/t10-,17-,19-,21+,22+,23-,24-,25+,28+,29+/m1/s1. The van der Waals surface area contributed by atoms with Gasteiger partial charge < -0.3 is 69.0 Å². The Hall–Kier alpha value is -4.00. The predicted molar refractivity (Wildman–Crippen MR) is 148 cm³/mol. The van der Waals surface area contributed by atoms with Gasteiger partial charge in [0.2, 0.25) is 17.5 Å². The molecular formula is C29H32O16. The number of hydrogen-bond donors (Lipinski definition) is 8. The lowest BCUT2D eigenvalue weighted by Gasteiger charge is -2.45. The van der Waals surface area contributed by atoms with Crippen LogP contribution in [0, 0.1) is 0 Å². The smallest absolute Gasteiger partial charge is 0.302 e. The van der Waals surface area contributed by atoms with Crippen LogP contribution in [0.3, 0.4) is 0 Å². The molecule has 0 radical (unpaired) electrons. The molecule has 3 heterocycles. The summed E-state index contributed by atoms with van der Waals surface area (Å²) in [5.74, 6) is -2.58. The van der Waals surface area contributed by atoms with Crippen molar-refractivity contribution in [2.45, 2.75) is 75.3 Å². The molecule has 16 heteroatoms. The van der Waals surface area contributed by atoms with Crippen molar-refractivity contribution >= 4 is 16.9 Å². The number of ether oxygens (including phenoxy) is 5. The third-order valence-electron chi connectivity index (χ3n) is 7.47. The van der Waals surface area contributed by atoms with Crippen LogP contribution < -0.4 is 10.2 Å². The molecule has 8 N–H and O–H groups in total. The number of phenols is 3. The van der Waals surface area contributed by atoms with Crippen LogP contribution in [0.4, 0.5) is 0 Å². The molecule has 2 fully saturated rings. The van der Waals surface area contributed by atoms with Crippen LogP contribution >= 0.6 is 0 Å². The second kappa shape index (κ2) is 12.8. The second-order valence-corrected chi connectivity index (χ2v) is 10.7. The summed E-state index contributed by atoms with van der Waals surface area (Å²) < 4.78 is 33.3. The van der Waals surface area contributed by atoms with Crippen molar-refractivity contribution in [3.8, 4) is 34.3 Å². The first-order valence-corrected chi connectivity index (χ1v) is 13.8. The molecule has 2 aliphatic heterocycles. The van der Waals surface area contributed by atoms with E-state index in [4.69, 9.17) is 28.1 Å². The number of aromatic hydroxyl groups is 3. The third-order valence-corrected chi connectivity index (χ3v) is 7.47. The highest BCUT2D eigenvalue weighted by atomic mass is 16.7. The van der Waals surface area contributed by atoms with Gasteiger partial charge in [-0.1, -0.05) is 0 Å². The second-order valence-electron chi connectivity index (χ2n) is 10.7. The van der Waals surface area contributed by atoms with Gasteiger partial charge >= 0.3 is 5.97 Å². The minimum atomic E-state index is -1.91. The molecule has 16 nitrogen and oxygen atoms in total. The van der Waals surface area contributed by atoms with E-state index in [1.807, 2.05) is 0 Å². The minimum Gasteiger partial charge on any atom is -0.508 e. The number of phenolic OH excluding ortho intramolecular Hbond substituents is 3. The molecule has 1 aromatic heterocycles. The molecule has 5 rings (SSSR count). The van der Waals surface area contributed by atoms with E-state index in [1.165, 1.54) is 31.2 Å². The predicted octanol–water partition coefficient (Wildman–Crippen LogP) is -0.822. The van der Waals surface area contributed by atoms with E-state index >= 15 is 0 Å². The SMILES string of the molecule is CC(=O)OC[C@H]1O[C@@H](O[C@@H]2[C@@H](O)[C@@H](O)[C@H](Oc3c(-c4ccc(O)cc4)oc4cc(O)cc(O)c4c3=O)O[C@@H]2C)[C@H](O)[C@@H](O)[C@@H]1O. The molecule has 45 heavy (non-hydrogen) atoms. The van der Waals surface area contributed by atoms with Crippen LogP contribution in [0.15, 0.2) is 45.6 Å². The number of fused-ring (bicyclic) bond motifs is 1. The van der Waals surface area contributed by atoms with Crippen LogP contribution in [-0.2, 0) is 23.7 Å². The first-order valence-electron chi connectivity index (χ1n) is 13.8. The molecule has 0 saturated carbocycles. The summed E-state index contributed by atoms with van der Waals surface area (Å²) in [6, 6.07) is 7.40. The number of benzene rings is 2. The maximum atomic E-state index is 13.6. The van der Waals surface area contributed by atoms with E-state index < -0.39 is 96.7 Å². The Balaban J connectivity index is 1.41. The molecule has 2 aromatic carbocycles. The maximum absolute atomic E-state index is 13.6. The Bertz CT molecular complexity index is 1590. The van der Waals surface area contributed by atoms with Crippen molar-refractivity contribution in [2.75, 3.05) is 6.61 Å². The maximum Gasteiger partial charge on any atom is 0.302 e. The molecule has 0 aliphatic carbocycles. The quantitative estimate of drug-likeness (QED) is 0.147. The monoisotopic (exact) mass is 636 g/mol. The van der Waals surface area contributed by atoms with Crippen LogP contribution in [0.5, 0.6) is 23.0 Å². The van der Waals surface area contributed by atoms with E-state index in [-0.39, 0.29) is 28.0 Å².